The minimum Gasteiger partial charge on any atom is -0.456 e. The van der Waals surface area contributed by atoms with Crippen LogP contribution in [0.15, 0.2) is 85.6 Å². The van der Waals surface area contributed by atoms with Gasteiger partial charge in [0.1, 0.15) is 11.5 Å². The van der Waals surface area contributed by atoms with E-state index < -0.39 is 0 Å². The van der Waals surface area contributed by atoms with Crippen molar-refractivity contribution in [2.24, 2.45) is 0 Å². The minimum atomic E-state index is 0.0958. The van der Waals surface area contributed by atoms with Crippen LogP contribution >= 0.6 is 0 Å². The molecule has 0 saturated carbocycles. The van der Waals surface area contributed by atoms with Crippen LogP contribution in [0.5, 0.6) is 11.5 Å². The van der Waals surface area contributed by atoms with Gasteiger partial charge in [-0.25, -0.2) is 4.68 Å². The lowest BCUT2D eigenvalue weighted by atomic mass is 9.99. The summed E-state index contributed by atoms with van der Waals surface area (Å²) in [5.41, 5.74) is 5.45. The molecule has 0 bridgehead atoms. The highest BCUT2D eigenvalue weighted by molar-refractivity contribution is 5.98. The van der Waals surface area contributed by atoms with Crippen LogP contribution in [0.4, 0.5) is 0 Å². The van der Waals surface area contributed by atoms with Crippen molar-refractivity contribution in [2.45, 2.75) is 26.7 Å². The lowest BCUT2D eigenvalue weighted by Crippen LogP contribution is -2.05. The largest absolute Gasteiger partial charge is 0.456 e. The Morgan fingerprint density at radius 3 is 2.62 bits per heavy atom. The van der Waals surface area contributed by atoms with Crippen LogP contribution < -0.4 is 4.74 Å². The van der Waals surface area contributed by atoms with Gasteiger partial charge in [0.05, 0.1) is 17.4 Å². The Labute approximate surface area is 197 Å². The highest BCUT2D eigenvalue weighted by Crippen LogP contribution is 2.33. The van der Waals surface area contributed by atoms with Gasteiger partial charge in [0.2, 0.25) is 0 Å². The molecular formula is C28H24N4O2. The van der Waals surface area contributed by atoms with Crippen molar-refractivity contribution in [3.63, 3.8) is 0 Å². The molecule has 6 heteroatoms. The molecule has 3 heterocycles. The van der Waals surface area contributed by atoms with Crippen LogP contribution in [-0.2, 0) is 6.42 Å². The summed E-state index contributed by atoms with van der Waals surface area (Å²) in [5.74, 6) is 1.45. The van der Waals surface area contributed by atoms with Gasteiger partial charge in [-0.05, 0) is 73.9 Å². The molecule has 0 radical (unpaired) electrons. The number of carbonyl (C=O) groups is 1. The summed E-state index contributed by atoms with van der Waals surface area (Å²) in [7, 11) is 0. The first-order chi connectivity index (χ1) is 16.6. The fraction of sp³-hybridized carbons (Fsp3) is 0.143. The predicted octanol–water partition coefficient (Wildman–Crippen LogP) is 6.04. The van der Waals surface area contributed by atoms with Crippen molar-refractivity contribution in [1.29, 1.82) is 0 Å². The number of aromatic nitrogens is 4. The first kappa shape index (κ1) is 21.5. The Morgan fingerprint density at radius 2 is 1.82 bits per heavy atom. The zero-order chi connectivity index (χ0) is 23.5. The first-order valence-electron chi connectivity index (χ1n) is 11.2. The summed E-state index contributed by atoms with van der Waals surface area (Å²) < 4.78 is 8.13. The molecule has 0 atom stereocenters. The fourth-order valence-electron chi connectivity index (χ4n) is 3.98. The molecule has 0 saturated heterocycles. The number of ketones is 1. The molecule has 2 aromatic carbocycles. The molecule has 0 aliphatic heterocycles. The monoisotopic (exact) mass is 448 g/mol. The van der Waals surface area contributed by atoms with Crippen LogP contribution in [0.3, 0.4) is 0 Å². The van der Waals surface area contributed by atoms with Crippen molar-refractivity contribution >= 4 is 16.7 Å². The SMILES string of the molecule is Cc1cnn(-c2ccc3c(Oc4cccc(C(=O)CCc5ccncc5)c4C)ccnc3c2)c1. The summed E-state index contributed by atoms with van der Waals surface area (Å²) in [4.78, 5) is 21.5. The molecule has 0 N–H and O–H groups in total. The van der Waals surface area contributed by atoms with Gasteiger partial charge in [0.15, 0.2) is 5.78 Å². The van der Waals surface area contributed by atoms with Gasteiger partial charge in [0, 0.05) is 47.7 Å². The van der Waals surface area contributed by atoms with Crippen molar-refractivity contribution in [1.82, 2.24) is 19.7 Å². The third kappa shape index (κ3) is 4.43. The van der Waals surface area contributed by atoms with E-state index in [1.165, 1.54) is 0 Å². The average Bonchev–Trinajstić information content (AvgIpc) is 3.30. The van der Waals surface area contributed by atoms with Crippen LogP contribution in [0, 0.1) is 13.8 Å². The fourth-order valence-corrected chi connectivity index (χ4v) is 3.98. The smallest absolute Gasteiger partial charge is 0.163 e. The minimum absolute atomic E-state index is 0.0958. The standard InChI is InChI=1S/C28H24N4O2/c1-19-17-31-32(18-19)22-7-8-24-25(16-22)30-15-12-28(24)34-27-5-3-4-23(20(27)2)26(33)9-6-21-10-13-29-14-11-21/h3-5,7-8,10-18H,6,9H2,1-2H3. The van der Waals surface area contributed by atoms with Gasteiger partial charge in [-0.3, -0.25) is 14.8 Å². The Kier molecular flexibility index (Phi) is 5.87. The van der Waals surface area contributed by atoms with E-state index in [0.717, 1.165) is 33.3 Å². The maximum Gasteiger partial charge on any atom is 0.163 e. The van der Waals surface area contributed by atoms with E-state index in [1.54, 1.807) is 18.6 Å². The zero-order valence-electron chi connectivity index (χ0n) is 19.1. The van der Waals surface area contributed by atoms with E-state index in [2.05, 4.69) is 15.1 Å². The topological polar surface area (TPSA) is 69.9 Å². The number of nitrogens with zero attached hydrogens (tertiary/aromatic N) is 4. The number of Topliss-reactive ketones (excluding diaryl/α,β-unsaturated/α-hetero) is 1. The highest BCUT2D eigenvalue weighted by Gasteiger charge is 2.14. The van der Waals surface area contributed by atoms with E-state index in [-0.39, 0.29) is 5.78 Å². The summed E-state index contributed by atoms with van der Waals surface area (Å²) in [6.07, 6.45) is 10.1. The Bertz CT molecular complexity index is 1470. The van der Waals surface area contributed by atoms with Gasteiger partial charge in [-0.2, -0.15) is 5.10 Å². The van der Waals surface area contributed by atoms with E-state index in [9.17, 15) is 4.79 Å². The van der Waals surface area contributed by atoms with E-state index in [0.29, 0.717) is 29.9 Å². The number of carbonyl (C=O) groups excluding carboxylic acids is 1. The lowest BCUT2D eigenvalue weighted by Gasteiger charge is -2.14. The van der Waals surface area contributed by atoms with Crippen LogP contribution in [-0.4, -0.2) is 25.5 Å². The number of aryl methyl sites for hydroxylation is 2. The third-order valence-electron chi connectivity index (χ3n) is 5.86. The maximum atomic E-state index is 12.9. The molecule has 0 aliphatic rings. The van der Waals surface area contributed by atoms with Crippen molar-refractivity contribution in [3.8, 4) is 17.2 Å². The molecule has 5 aromatic rings. The number of hydrogen-bond donors (Lipinski definition) is 0. The van der Waals surface area contributed by atoms with E-state index in [4.69, 9.17) is 4.74 Å². The van der Waals surface area contributed by atoms with Gasteiger partial charge in [-0.1, -0.05) is 12.1 Å². The second-order valence-electron chi connectivity index (χ2n) is 8.28. The normalized spacial score (nSPS) is 11.0. The van der Waals surface area contributed by atoms with Gasteiger partial charge in [0.25, 0.3) is 0 Å². The van der Waals surface area contributed by atoms with Crippen molar-refractivity contribution in [3.05, 3.63) is 108 Å². The number of benzene rings is 2. The third-order valence-corrected chi connectivity index (χ3v) is 5.86. The van der Waals surface area contributed by atoms with Crippen LogP contribution in [0.2, 0.25) is 0 Å². The molecule has 5 rings (SSSR count). The van der Waals surface area contributed by atoms with Crippen molar-refractivity contribution < 1.29 is 9.53 Å². The second-order valence-corrected chi connectivity index (χ2v) is 8.28. The van der Waals surface area contributed by atoms with Crippen LogP contribution in [0.25, 0.3) is 16.6 Å². The number of rotatable bonds is 7. The lowest BCUT2D eigenvalue weighted by molar-refractivity contribution is 0.0982. The second kappa shape index (κ2) is 9.27. The maximum absolute atomic E-state index is 12.9. The number of fused-ring (bicyclic) bond motifs is 1. The summed E-state index contributed by atoms with van der Waals surface area (Å²) >= 11 is 0. The molecule has 34 heavy (non-hydrogen) atoms. The van der Waals surface area contributed by atoms with E-state index >= 15 is 0 Å². The molecule has 0 fully saturated rings. The van der Waals surface area contributed by atoms with Gasteiger partial charge in [-0.15, -0.1) is 0 Å². The Morgan fingerprint density at radius 1 is 0.971 bits per heavy atom. The molecular weight excluding hydrogens is 424 g/mol. The molecule has 3 aromatic heterocycles. The Hall–Kier alpha value is -4.32. The molecule has 6 nitrogen and oxygen atoms in total. The van der Waals surface area contributed by atoms with Gasteiger partial charge >= 0.3 is 0 Å². The summed E-state index contributed by atoms with van der Waals surface area (Å²) in [6.45, 7) is 3.94. The van der Waals surface area contributed by atoms with E-state index in [1.807, 2.05) is 85.5 Å². The molecule has 0 amide bonds. The summed E-state index contributed by atoms with van der Waals surface area (Å²) in [6, 6.07) is 17.3. The highest BCUT2D eigenvalue weighted by atomic mass is 16.5. The molecule has 0 aliphatic carbocycles. The number of ether oxygens (including phenoxy) is 1. The molecule has 0 spiro atoms. The average molecular weight is 449 g/mol. The first-order valence-corrected chi connectivity index (χ1v) is 11.2. The van der Waals surface area contributed by atoms with Gasteiger partial charge < -0.3 is 4.74 Å². The molecule has 168 valence electrons. The predicted molar refractivity (Wildman–Crippen MR) is 132 cm³/mol. The Balaban J connectivity index is 1.39. The quantitative estimate of drug-likeness (QED) is 0.284. The molecule has 0 unspecified atom stereocenters. The number of hydrogen-bond acceptors (Lipinski definition) is 5. The zero-order valence-corrected chi connectivity index (χ0v) is 19.1. The number of pyridine rings is 2. The summed E-state index contributed by atoms with van der Waals surface area (Å²) in [5, 5.41) is 5.27. The van der Waals surface area contributed by atoms with Crippen LogP contribution in [0.1, 0.15) is 33.5 Å². The van der Waals surface area contributed by atoms with Crippen molar-refractivity contribution in [2.75, 3.05) is 0 Å².